The second kappa shape index (κ2) is 8.69. The van der Waals surface area contributed by atoms with Crippen molar-refractivity contribution in [3.05, 3.63) is 60.2 Å². The number of hydrogen-bond acceptors (Lipinski definition) is 8. The monoisotopic (exact) mass is 430 g/mol. The van der Waals surface area contributed by atoms with Crippen LogP contribution in [0.4, 0.5) is 11.6 Å². The Balaban J connectivity index is 1.70. The molecule has 0 spiro atoms. The SMILES string of the molecule is CCOC(=O)c1cc(C(=O)Nc2ccc(S(=O)(=O)Nc3ncccn3)cc2)nn1C. The number of esters is 1. The fraction of sp³-hybridized carbons (Fsp3) is 0.167. The highest BCUT2D eigenvalue weighted by atomic mass is 32.2. The summed E-state index contributed by atoms with van der Waals surface area (Å²) in [4.78, 5) is 31.8. The third-order valence-electron chi connectivity index (χ3n) is 3.81. The number of amides is 1. The number of aromatic nitrogens is 4. The lowest BCUT2D eigenvalue weighted by atomic mass is 10.3. The van der Waals surface area contributed by atoms with Gasteiger partial charge in [-0.15, -0.1) is 0 Å². The van der Waals surface area contributed by atoms with Crippen LogP contribution in [0, 0.1) is 0 Å². The van der Waals surface area contributed by atoms with Crippen molar-refractivity contribution < 1.29 is 22.7 Å². The van der Waals surface area contributed by atoms with Crippen molar-refractivity contribution in [2.45, 2.75) is 11.8 Å². The fourth-order valence-electron chi connectivity index (χ4n) is 2.42. The molecule has 0 bridgehead atoms. The fourth-order valence-corrected chi connectivity index (χ4v) is 3.38. The van der Waals surface area contributed by atoms with Gasteiger partial charge in [0.1, 0.15) is 5.69 Å². The van der Waals surface area contributed by atoms with Gasteiger partial charge in [0.2, 0.25) is 5.95 Å². The molecule has 0 aliphatic heterocycles. The average Bonchev–Trinajstić information content (AvgIpc) is 3.11. The largest absolute Gasteiger partial charge is 0.461 e. The van der Waals surface area contributed by atoms with E-state index in [4.69, 9.17) is 4.74 Å². The number of carbonyl (C=O) groups excluding carboxylic acids is 2. The Hall–Kier alpha value is -3.80. The Bertz CT molecular complexity index is 1160. The summed E-state index contributed by atoms with van der Waals surface area (Å²) >= 11 is 0. The van der Waals surface area contributed by atoms with Gasteiger partial charge in [-0.05, 0) is 37.3 Å². The molecule has 1 aromatic carbocycles. The van der Waals surface area contributed by atoms with E-state index in [2.05, 4.69) is 25.1 Å². The molecule has 11 nitrogen and oxygen atoms in total. The minimum Gasteiger partial charge on any atom is -0.461 e. The summed E-state index contributed by atoms with van der Waals surface area (Å²) in [5.41, 5.74) is 0.496. The van der Waals surface area contributed by atoms with Crippen molar-refractivity contribution >= 4 is 33.5 Å². The van der Waals surface area contributed by atoms with Gasteiger partial charge in [0.25, 0.3) is 15.9 Å². The van der Waals surface area contributed by atoms with Crippen molar-refractivity contribution in [1.82, 2.24) is 19.7 Å². The van der Waals surface area contributed by atoms with Gasteiger partial charge in [-0.25, -0.2) is 27.9 Å². The first-order chi connectivity index (χ1) is 14.3. The first kappa shape index (κ1) is 20.9. The number of hydrogen-bond donors (Lipinski definition) is 2. The highest BCUT2D eigenvalue weighted by molar-refractivity contribution is 7.92. The molecule has 156 valence electrons. The number of carbonyl (C=O) groups is 2. The summed E-state index contributed by atoms with van der Waals surface area (Å²) in [6, 6.07) is 8.37. The zero-order valence-corrected chi connectivity index (χ0v) is 16.9. The maximum atomic E-state index is 12.4. The van der Waals surface area contributed by atoms with Crippen LogP contribution in [0.15, 0.2) is 53.7 Å². The minimum atomic E-state index is -3.88. The van der Waals surface area contributed by atoms with Crippen LogP contribution in [-0.4, -0.2) is 46.6 Å². The maximum absolute atomic E-state index is 12.4. The van der Waals surface area contributed by atoms with Gasteiger partial charge in [0.15, 0.2) is 5.69 Å². The van der Waals surface area contributed by atoms with Gasteiger partial charge in [0, 0.05) is 31.2 Å². The third-order valence-corrected chi connectivity index (χ3v) is 5.16. The number of benzene rings is 1. The number of aryl methyl sites for hydroxylation is 1. The van der Waals surface area contributed by atoms with Gasteiger partial charge >= 0.3 is 5.97 Å². The van der Waals surface area contributed by atoms with Gasteiger partial charge in [-0.3, -0.25) is 9.48 Å². The van der Waals surface area contributed by atoms with E-state index >= 15 is 0 Å². The Morgan fingerprint density at radius 2 is 1.80 bits per heavy atom. The van der Waals surface area contributed by atoms with Crippen LogP contribution in [0.5, 0.6) is 0 Å². The first-order valence-electron chi connectivity index (χ1n) is 8.72. The van der Waals surface area contributed by atoms with Crippen LogP contribution in [0.3, 0.4) is 0 Å². The molecule has 0 radical (unpaired) electrons. The molecule has 3 aromatic rings. The Morgan fingerprint density at radius 1 is 1.13 bits per heavy atom. The van der Waals surface area contributed by atoms with Crippen LogP contribution in [-0.2, 0) is 21.8 Å². The molecule has 2 heterocycles. The quantitative estimate of drug-likeness (QED) is 0.536. The van der Waals surface area contributed by atoms with E-state index in [0.29, 0.717) is 5.69 Å². The van der Waals surface area contributed by atoms with Crippen LogP contribution in [0.2, 0.25) is 0 Å². The molecule has 0 aliphatic carbocycles. The number of anilines is 2. The Labute approximate surface area is 172 Å². The van der Waals surface area contributed by atoms with Crippen molar-refractivity contribution in [3.8, 4) is 0 Å². The van der Waals surface area contributed by atoms with E-state index in [9.17, 15) is 18.0 Å². The van der Waals surface area contributed by atoms with Gasteiger partial charge < -0.3 is 10.1 Å². The molecule has 0 saturated heterocycles. The third kappa shape index (κ3) is 4.78. The first-order valence-corrected chi connectivity index (χ1v) is 10.2. The smallest absolute Gasteiger partial charge is 0.356 e. The topological polar surface area (TPSA) is 145 Å². The van der Waals surface area contributed by atoms with Crippen molar-refractivity contribution in [2.24, 2.45) is 7.05 Å². The predicted octanol–water partition coefficient (Wildman–Crippen LogP) is 1.44. The summed E-state index contributed by atoms with van der Waals surface area (Å²) in [5.74, 6) is -1.20. The summed E-state index contributed by atoms with van der Waals surface area (Å²) in [6.07, 6.45) is 2.82. The number of ether oxygens (including phenoxy) is 1. The molecule has 0 unspecified atom stereocenters. The molecule has 2 aromatic heterocycles. The summed E-state index contributed by atoms with van der Waals surface area (Å²) in [5, 5.41) is 6.59. The zero-order valence-electron chi connectivity index (χ0n) is 16.1. The lowest BCUT2D eigenvalue weighted by Gasteiger charge is -2.08. The maximum Gasteiger partial charge on any atom is 0.356 e. The summed E-state index contributed by atoms with van der Waals surface area (Å²) in [7, 11) is -2.36. The van der Waals surface area contributed by atoms with Gasteiger partial charge in [0.05, 0.1) is 11.5 Å². The second-order valence-corrected chi connectivity index (χ2v) is 7.60. The molecule has 0 atom stereocenters. The van der Waals surface area contributed by atoms with Crippen molar-refractivity contribution in [2.75, 3.05) is 16.6 Å². The van der Waals surface area contributed by atoms with Gasteiger partial charge in [-0.1, -0.05) is 0 Å². The van der Waals surface area contributed by atoms with Gasteiger partial charge in [-0.2, -0.15) is 5.10 Å². The summed E-state index contributed by atoms with van der Waals surface area (Å²) in [6.45, 7) is 1.88. The number of nitrogens with zero attached hydrogens (tertiary/aromatic N) is 4. The molecule has 0 saturated carbocycles. The molecule has 0 aliphatic rings. The highest BCUT2D eigenvalue weighted by Crippen LogP contribution is 2.17. The predicted molar refractivity (Wildman–Crippen MR) is 106 cm³/mol. The molecule has 3 rings (SSSR count). The average molecular weight is 430 g/mol. The molecule has 1 amide bonds. The minimum absolute atomic E-state index is 0.0140. The van der Waals surface area contributed by atoms with Crippen molar-refractivity contribution in [3.63, 3.8) is 0 Å². The van der Waals surface area contributed by atoms with E-state index in [-0.39, 0.29) is 28.8 Å². The molecular formula is C18H18N6O5S. The van der Waals surface area contributed by atoms with E-state index in [0.717, 1.165) is 0 Å². The zero-order chi connectivity index (χ0) is 21.7. The van der Waals surface area contributed by atoms with Crippen LogP contribution >= 0.6 is 0 Å². The number of nitrogens with one attached hydrogen (secondary N) is 2. The number of rotatable bonds is 7. The molecule has 12 heteroatoms. The number of sulfonamides is 1. The lowest BCUT2D eigenvalue weighted by Crippen LogP contribution is -2.15. The summed E-state index contributed by atoms with van der Waals surface area (Å²) < 4.78 is 33.2. The standard InChI is InChI=1S/C18H18N6O5S/c1-3-29-17(26)15-11-14(22-24(15)2)16(25)21-12-5-7-13(8-6-12)30(27,28)23-18-19-9-4-10-20-18/h4-11H,3H2,1-2H3,(H,21,25)(H,19,20,23). The van der Waals surface area contributed by atoms with Crippen LogP contribution in [0.1, 0.15) is 27.9 Å². The van der Waals surface area contributed by atoms with Crippen LogP contribution in [0.25, 0.3) is 0 Å². The second-order valence-electron chi connectivity index (χ2n) is 5.92. The Morgan fingerprint density at radius 3 is 2.43 bits per heavy atom. The van der Waals surface area contributed by atoms with Crippen LogP contribution < -0.4 is 10.0 Å². The van der Waals surface area contributed by atoms with E-state index in [1.54, 1.807) is 13.0 Å². The van der Waals surface area contributed by atoms with E-state index < -0.39 is 21.9 Å². The Kier molecular flexibility index (Phi) is 6.06. The van der Waals surface area contributed by atoms with Crippen molar-refractivity contribution in [1.29, 1.82) is 0 Å². The van der Waals surface area contributed by atoms with E-state index in [1.807, 2.05) is 0 Å². The lowest BCUT2D eigenvalue weighted by molar-refractivity contribution is 0.0513. The molecule has 0 fully saturated rings. The molecule has 30 heavy (non-hydrogen) atoms. The highest BCUT2D eigenvalue weighted by Gasteiger charge is 2.19. The normalized spacial score (nSPS) is 11.0. The molecule has 2 N–H and O–H groups in total. The van der Waals surface area contributed by atoms with E-state index in [1.165, 1.54) is 54.5 Å². The molecular weight excluding hydrogens is 412 g/mol.